The number of nitrogens with one attached hydrogen (secondary N) is 1. The van der Waals surface area contributed by atoms with Crippen molar-refractivity contribution in [1.82, 2.24) is 0 Å². The van der Waals surface area contributed by atoms with Crippen LogP contribution in [0, 0.1) is 5.82 Å². The Kier molecular flexibility index (Phi) is 5.12. The monoisotopic (exact) mass is 321 g/mol. The van der Waals surface area contributed by atoms with Crippen LogP contribution in [0.5, 0.6) is 0 Å². The summed E-state index contributed by atoms with van der Waals surface area (Å²) < 4.78 is 18.4. The van der Waals surface area contributed by atoms with E-state index in [-0.39, 0.29) is 5.56 Å². The number of anilines is 1. The number of rotatable bonds is 4. The molecule has 0 radical (unpaired) electrons. The molecule has 0 bridgehead atoms. The lowest BCUT2D eigenvalue weighted by atomic mass is 10.2. The predicted molar refractivity (Wildman–Crippen MR) is 81.4 cm³/mol. The molecule has 114 valence electrons. The second kappa shape index (κ2) is 7.04. The molecule has 0 aliphatic rings. The number of hydrogen-bond donors (Lipinski definition) is 1. The maximum Gasteiger partial charge on any atom is 0.341 e. The van der Waals surface area contributed by atoms with Crippen molar-refractivity contribution in [3.63, 3.8) is 0 Å². The Morgan fingerprint density at radius 2 is 1.77 bits per heavy atom. The average molecular weight is 322 g/mol. The van der Waals surface area contributed by atoms with E-state index in [0.717, 1.165) is 6.07 Å². The number of carbonyl (C=O) groups is 2. The number of halogens is 2. The fourth-order valence-corrected chi connectivity index (χ4v) is 1.81. The highest BCUT2D eigenvalue weighted by molar-refractivity contribution is 6.30. The smallest absolute Gasteiger partial charge is 0.341 e. The summed E-state index contributed by atoms with van der Waals surface area (Å²) in [5.74, 6) is -2.11. The van der Waals surface area contributed by atoms with Crippen molar-refractivity contribution in [2.24, 2.45) is 0 Å². The average Bonchev–Trinajstić information content (AvgIpc) is 2.49. The van der Waals surface area contributed by atoms with Crippen molar-refractivity contribution in [1.29, 1.82) is 0 Å². The molecule has 0 aromatic heterocycles. The summed E-state index contributed by atoms with van der Waals surface area (Å²) in [6.07, 6.45) is -1.07. The molecule has 0 heterocycles. The molecule has 1 atom stereocenters. The molecular weight excluding hydrogens is 309 g/mol. The van der Waals surface area contributed by atoms with Gasteiger partial charge in [0.25, 0.3) is 5.91 Å². The number of esters is 1. The van der Waals surface area contributed by atoms with Crippen molar-refractivity contribution < 1.29 is 18.7 Å². The van der Waals surface area contributed by atoms with E-state index >= 15 is 0 Å². The van der Waals surface area contributed by atoms with Crippen LogP contribution in [-0.2, 0) is 9.53 Å². The Hall–Kier alpha value is -2.40. The summed E-state index contributed by atoms with van der Waals surface area (Å²) in [5, 5.41) is 3.11. The summed E-state index contributed by atoms with van der Waals surface area (Å²) in [7, 11) is 0. The topological polar surface area (TPSA) is 55.4 Å². The Morgan fingerprint density at radius 3 is 2.41 bits per heavy atom. The Labute approximate surface area is 131 Å². The third-order valence-corrected chi connectivity index (χ3v) is 3.11. The van der Waals surface area contributed by atoms with Gasteiger partial charge in [0.15, 0.2) is 6.10 Å². The van der Waals surface area contributed by atoms with Gasteiger partial charge in [0.2, 0.25) is 0 Å². The fraction of sp³-hybridized carbons (Fsp3) is 0.125. The molecule has 1 N–H and O–H groups in total. The van der Waals surface area contributed by atoms with Crippen LogP contribution in [0.25, 0.3) is 0 Å². The molecule has 0 saturated carbocycles. The Balaban J connectivity index is 1.98. The third-order valence-electron chi connectivity index (χ3n) is 2.86. The number of ether oxygens (including phenoxy) is 1. The van der Waals surface area contributed by atoms with Crippen LogP contribution in [0.15, 0.2) is 48.5 Å². The molecule has 1 amide bonds. The number of amides is 1. The van der Waals surface area contributed by atoms with E-state index in [1.807, 2.05) is 0 Å². The van der Waals surface area contributed by atoms with Gasteiger partial charge in [0.05, 0.1) is 5.56 Å². The van der Waals surface area contributed by atoms with Gasteiger partial charge in [-0.05, 0) is 43.3 Å². The zero-order valence-electron chi connectivity index (χ0n) is 11.7. The first kappa shape index (κ1) is 16.0. The van der Waals surface area contributed by atoms with Crippen LogP contribution in [-0.4, -0.2) is 18.0 Å². The van der Waals surface area contributed by atoms with E-state index in [2.05, 4.69) is 5.32 Å². The normalized spacial score (nSPS) is 11.6. The predicted octanol–water partition coefficient (Wildman–Crippen LogP) is 3.66. The lowest BCUT2D eigenvalue weighted by molar-refractivity contribution is -0.123. The standard InChI is InChI=1S/C16H13ClFNO3/c1-10(15(20)19-12-8-6-11(17)7-9-12)22-16(21)13-4-2-3-5-14(13)18/h2-10H,1H3,(H,19,20)/t10-/m1/s1. The fourth-order valence-electron chi connectivity index (χ4n) is 1.68. The van der Waals surface area contributed by atoms with Crippen molar-refractivity contribution in [2.45, 2.75) is 13.0 Å². The molecule has 2 rings (SSSR count). The molecule has 0 aliphatic carbocycles. The van der Waals surface area contributed by atoms with Crippen LogP contribution in [0.4, 0.5) is 10.1 Å². The van der Waals surface area contributed by atoms with Crippen molar-refractivity contribution in [3.05, 3.63) is 64.9 Å². The maximum absolute atomic E-state index is 13.5. The van der Waals surface area contributed by atoms with Crippen LogP contribution in [0.3, 0.4) is 0 Å². The van der Waals surface area contributed by atoms with Crippen molar-refractivity contribution >= 4 is 29.2 Å². The summed E-state index contributed by atoms with van der Waals surface area (Å²) in [6, 6.07) is 11.9. The summed E-state index contributed by atoms with van der Waals surface area (Å²) in [5.41, 5.74) is 0.303. The van der Waals surface area contributed by atoms with Crippen LogP contribution in [0.1, 0.15) is 17.3 Å². The van der Waals surface area contributed by atoms with Crippen LogP contribution >= 0.6 is 11.6 Å². The molecule has 0 fully saturated rings. The molecular formula is C16H13ClFNO3. The Morgan fingerprint density at radius 1 is 1.14 bits per heavy atom. The van der Waals surface area contributed by atoms with Gasteiger partial charge in [0, 0.05) is 10.7 Å². The second-order valence-corrected chi connectivity index (χ2v) is 4.96. The number of carbonyl (C=O) groups excluding carboxylic acids is 2. The molecule has 0 aliphatic heterocycles. The van der Waals surface area contributed by atoms with E-state index in [9.17, 15) is 14.0 Å². The molecule has 0 spiro atoms. The van der Waals surface area contributed by atoms with Crippen molar-refractivity contribution in [2.75, 3.05) is 5.32 Å². The van der Waals surface area contributed by atoms with Gasteiger partial charge in [-0.25, -0.2) is 9.18 Å². The highest BCUT2D eigenvalue weighted by Gasteiger charge is 2.20. The first-order valence-electron chi connectivity index (χ1n) is 6.49. The molecule has 2 aromatic rings. The lowest BCUT2D eigenvalue weighted by Crippen LogP contribution is -2.30. The Bertz CT molecular complexity index is 688. The van der Waals surface area contributed by atoms with Crippen LogP contribution < -0.4 is 5.32 Å². The van der Waals surface area contributed by atoms with Gasteiger partial charge in [0.1, 0.15) is 5.82 Å². The molecule has 0 saturated heterocycles. The van der Waals surface area contributed by atoms with Gasteiger partial charge in [-0.1, -0.05) is 23.7 Å². The van der Waals surface area contributed by atoms with Gasteiger partial charge in [-0.15, -0.1) is 0 Å². The minimum absolute atomic E-state index is 0.214. The lowest BCUT2D eigenvalue weighted by Gasteiger charge is -2.13. The third kappa shape index (κ3) is 4.05. The van der Waals surface area contributed by atoms with Gasteiger partial charge in [-0.2, -0.15) is 0 Å². The highest BCUT2D eigenvalue weighted by Crippen LogP contribution is 2.14. The SMILES string of the molecule is C[C@@H](OC(=O)c1ccccc1F)C(=O)Nc1ccc(Cl)cc1. The number of hydrogen-bond acceptors (Lipinski definition) is 3. The molecule has 22 heavy (non-hydrogen) atoms. The van der Waals surface area contributed by atoms with E-state index in [4.69, 9.17) is 16.3 Å². The van der Waals surface area contributed by atoms with E-state index in [1.54, 1.807) is 24.3 Å². The minimum Gasteiger partial charge on any atom is -0.449 e. The molecule has 0 unspecified atom stereocenters. The van der Waals surface area contributed by atoms with Gasteiger partial charge < -0.3 is 10.1 Å². The van der Waals surface area contributed by atoms with E-state index in [0.29, 0.717) is 10.7 Å². The van der Waals surface area contributed by atoms with Crippen molar-refractivity contribution in [3.8, 4) is 0 Å². The highest BCUT2D eigenvalue weighted by atomic mass is 35.5. The first-order chi connectivity index (χ1) is 10.5. The van der Waals surface area contributed by atoms with E-state index < -0.39 is 23.8 Å². The summed E-state index contributed by atoms with van der Waals surface area (Å²) in [6.45, 7) is 1.41. The van der Waals surface area contributed by atoms with Gasteiger partial charge in [-0.3, -0.25) is 4.79 Å². The molecule has 6 heteroatoms. The largest absolute Gasteiger partial charge is 0.449 e. The zero-order valence-corrected chi connectivity index (χ0v) is 12.4. The molecule has 4 nitrogen and oxygen atoms in total. The minimum atomic E-state index is -1.07. The molecule has 2 aromatic carbocycles. The summed E-state index contributed by atoms with van der Waals surface area (Å²) in [4.78, 5) is 23.8. The maximum atomic E-state index is 13.5. The summed E-state index contributed by atoms with van der Waals surface area (Å²) >= 11 is 5.74. The number of benzene rings is 2. The van der Waals surface area contributed by atoms with Gasteiger partial charge >= 0.3 is 5.97 Å². The van der Waals surface area contributed by atoms with Crippen LogP contribution in [0.2, 0.25) is 5.02 Å². The second-order valence-electron chi connectivity index (χ2n) is 4.52. The zero-order chi connectivity index (χ0) is 16.1. The quantitative estimate of drug-likeness (QED) is 0.874. The first-order valence-corrected chi connectivity index (χ1v) is 6.87. The van der Waals surface area contributed by atoms with E-state index in [1.165, 1.54) is 25.1 Å².